The molecule has 22 heavy (non-hydrogen) atoms. The second kappa shape index (κ2) is 6.38. The van der Waals surface area contributed by atoms with Crippen molar-refractivity contribution in [2.24, 2.45) is 5.92 Å². The summed E-state index contributed by atoms with van der Waals surface area (Å²) in [4.78, 5) is 26.4. The molecule has 2 aliphatic rings. The summed E-state index contributed by atoms with van der Waals surface area (Å²) in [7, 11) is 1.54. The smallest absolute Gasteiger partial charge is 0.316 e. The van der Waals surface area contributed by atoms with Gasteiger partial charge in [-0.3, -0.25) is 9.59 Å². The Hall–Kier alpha value is -2.04. The van der Waals surface area contributed by atoms with E-state index in [1.807, 2.05) is 11.0 Å². The quantitative estimate of drug-likeness (QED) is 0.633. The molecule has 1 heterocycles. The van der Waals surface area contributed by atoms with Crippen LogP contribution < -0.4 is 9.47 Å². The van der Waals surface area contributed by atoms with Crippen LogP contribution in [0.4, 0.5) is 0 Å². The fourth-order valence-electron chi connectivity index (χ4n) is 3.35. The standard InChI is InChI=1S/C17H21NO4/c1-21-14-8-4-5-9-15(14)22-17(20)12-10-16(19)18(11-12)13-6-2-3-7-13/h4-5,8-9,12-13H,2-3,6-7,10-11H2,1H3. The molecule has 1 aromatic carbocycles. The molecule has 1 amide bonds. The summed E-state index contributed by atoms with van der Waals surface area (Å²) < 4.78 is 10.6. The first-order valence-electron chi connectivity index (χ1n) is 7.83. The van der Waals surface area contributed by atoms with Crippen LogP contribution in [0, 0.1) is 5.92 Å². The highest BCUT2D eigenvalue weighted by molar-refractivity contribution is 5.88. The van der Waals surface area contributed by atoms with Gasteiger partial charge in [0.1, 0.15) is 0 Å². The summed E-state index contributed by atoms with van der Waals surface area (Å²) in [6.07, 6.45) is 4.71. The maximum atomic E-state index is 12.3. The van der Waals surface area contributed by atoms with Crippen molar-refractivity contribution in [3.63, 3.8) is 0 Å². The zero-order valence-electron chi connectivity index (χ0n) is 12.8. The maximum absolute atomic E-state index is 12.3. The Kier molecular flexibility index (Phi) is 4.32. The summed E-state index contributed by atoms with van der Waals surface area (Å²) in [6, 6.07) is 7.36. The fraction of sp³-hybridized carbons (Fsp3) is 0.529. The molecule has 0 aromatic heterocycles. The summed E-state index contributed by atoms with van der Waals surface area (Å²) in [5, 5.41) is 0. The maximum Gasteiger partial charge on any atom is 0.316 e. The van der Waals surface area contributed by atoms with Gasteiger partial charge in [0, 0.05) is 19.0 Å². The van der Waals surface area contributed by atoms with E-state index in [4.69, 9.17) is 9.47 Å². The first kappa shape index (κ1) is 14.9. The minimum Gasteiger partial charge on any atom is -0.493 e. The second-order valence-electron chi connectivity index (χ2n) is 5.96. The zero-order chi connectivity index (χ0) is 15.5. The molecule has 0 bridgehead atoms. The van der Waals surface area contributed by atoms with Gasteiger partial charge in [0.25, 0.3) is 0 Å². The van der Waals surface area contributed by atoms with Gasteiger partial charge in [0.05, 0.1) is 13.0 Å². The molecule has 2 fully saturated rings. The van der Waals surface area contributed by atoms with Crippen molar-refractivity contribution in [3.05, 3.63) is 24.3 Å². The summed E-state index contributed by atoms with van der Waals surface area (Å²) in [5.74, 6) is 0.278. The van der Waals surface area contributed by atoms with Gasteiger partial charge in [-0.25, -0.2) is 0 Å². The van der Waals surface area contributed by atoms with Crippen LogP contribution in [0.5, 0.6) is 11.5 Å². The summed E-state index contributed by atoms with van der Waals surface area (Å²) >= 11 is 0. The van der Waals surface area contributed by atoms with E-state index in [1.165, 1.54) is 20.0 Å². The Labute approximate surface area is 130 Å². The third kappa shape index (κ3) is 2.93. The monoisotopic (exact) mass is 303 g/mol. The van der Waals surface area contributed by atoms with Crippen molar-refractivity contribution in [1.29, 1.82) is 0 Å². The van der Waals surface area contributed by atoms with E-state index >= 15 is 0 Å². The van der Waals surface area contributed by atoms with E-state index in [0.717, 1.165) is 12.8 Å². The van der Waals surface area contributed by atoms with Crippen LogP contribution in [0.15, 0.2) is 24.3 Å². The fourth-order valence-corrected chi connectivity index (χ4v) is 3.35. The van der Waals surface area contributed by atoms with Crippen LogP contribution in [0.3, 0.4) is 0 Å². The lowest BCUT2D eigenvalue weighted by Gasteiger charge is -2.23. The first-order chi connectivity index (χ1) is 10.7. The Morgan fingerprint density at radius 2 is 1.86 bits per heavy atom. The van der Waals surface area contributed by atoms with Crippen molar-refractivity contribution in [1.82, 2.24) is 4.90 Å². The van der Waals surface area contributed by atoms with E-state index in [-0.39, 0.29) is 24.2 Å². The number of ether oxygens (including phenoxy) is 2. The molecule has 1 saturated heterocycles. The number of hydrogen-bond donors (Lipinski definition) is 0. The highest BCUT2D eigenvalue weighted by atomic mass is 16.6. The number of methoxy groups -OCH3 is 1. The molecule has 1 aliphatic carbocycles. The van der Waals surface area contributed by atoms with E-state index < -0.39 is 0 Å². The van der Waals surface area contributed by atoms with Crippen molar-refractivity contribution < 1.29 is 19.1 Å². The Bertz CT molecular complexity index is 566. The van der Waals surface area contributed by atoms with Gasteiger partial charge in [-0.1, -0.05) is 25.0 Å². The largest absolute Gasteiger partial charge is 0.493 e. The van der Waals surface area contributed by atoms with Gasteiger partial charge in [0.15, 0.2) is 11.5 Å². The lowest BCUT2D eigenvalue weighted by Crippen LogP contribution is -2.35. The molecular weight excluding hydrogens is 282 g/mol. The number of rotatable bonds is 4. The number of para-hydroxylation sites is 2. The van der Waals surface area contributed by atoms with Gasteiger partial charge in [0.2, 0.25) is 5.91 Å². The topological polar surface area (TPSA) is 55.8 Å². The molecule has 0 radical (unpaired) electrons. The molecule has 1 aromatic rings. The lowest BCUT2D eigenvalue weighted by atomic mass is 10.1. The van der Waals surface area contributed by atoms with Crippen molar-refractivity contribution in [3.8, 4) is 11.5 Å². The van der Waals surface area contributed by atoms with E-state index in [0.29, 0.717) is 24.1 Å². The number of esters is 1. The molecule has 3 rings (SSSR count). The Morgan fingerprint density at radius 3 is 2.55 bits per heavy atom. The van der Waals surface area contributed by atoms with Crippen LogP contribution in [0.2, 0.25) is 0 Å². The molecule has 118 valence electrons. The van der Waals surface area contributed by atoms with Gasteiger partial charge in [-0.05, 0) is 25.0 Å². The minimum atomic E-state index is -0.377. The predicted molar refractivity (Wildman–Crippen MR) is 80.7 cm³/mol. The summed E-state index contributed by atoms with van der Waals surface area (Å²) in [6.45, 7) is 0.484. The zero-order valence-corrected chi connectivity index (χ0v) is 12.8. The predicted octanol–water partition coefficient (Wildman–Crippen LogP) is 2.39. The minimum absolute atomic E-state index is 0.0777. The molecule has 1 aliphatic heterocycles. The van der Waals surface area contributed by atoms with Crippen molar-refractivity contribution in [2.75, 3.05) is 13.7 Å². The lowest BCUT2D eigenvalue weighted by molar-refractivity contribution is -0.139. The van der Waals surface area contributed by atoms with Crippen LogP contribution in [-0.2, 0) is 9.59 Å². The molecular formula is C17H21NO4. The molecule has 1 unspecified atom stereocenters. The Balaban J connectivity index is 1.64. The average molecular weight is 303 g/mol. The molecule has 0 spiro atoms. The Morgan fingerprint density at radius 1 is 1.18 bits per heavy atom. The molecule has 1 saturated carbocycles. The number of benzene rings is 1. The van der Waals surface area contributed by atoms with Crippen LogP contribution >= 0.6 is 0 Å². The third-order valence-electron chi connectivity index (χ3n) is 4.54. The van der Waals surface area contributed by atoms with Gasteiger partial charge in [-0.2, -0.15) is 0 Å². The SMILES string of the molecule is COc1ccccc1OC(=O)C1CC(=O)N(C2CCCC2)C1. The number of amides is 1. The number of carbonyl (C=O) groups excluding carboxylic acids is 2. The number of carbonyl (C=O) groups is 2. The number of nitrogens with zero attached hydrogens (tertiary/aromatic N) is 1. The molecule has 1 atom stereocenters. The normalized spacial score (nSPS) is 22.1. The first-order valence-corrected chi connectivity index (χ1v) is 7.83. The highest BCUT2D eigenvalue weighted by Crippen LogP contribution is 2.31. The number of hydrogen-bond acceptors (Lipinski definition) is 4. The van der Waals surface area contributed by atoms with Crippen molar-refractivity contribution >= 4 is 11.9 Å². The van der Waals surface area contributed by atoms with Crippen LogP contribution in [0.25, 0.3) is 0 Å². The van der Waals surface area contributed by atoms with Crippen molar-refractivity contribution in [2.45, 2.75) is 38.1 Å². The van der Waals surface area contributed by atoms with E-state index in [2.05, 4.69) is 0 Å². The van der Waals surface area contributed by atoms with Gasteiger partial charge >= 0.3 is 5.97 Å². The number of likely N-dealkylation sites (tertiary alicyclic amines) is 1. The third-order valence-corrected chi connectivity index (χ3v) is 4.54. The second-order valence-corrected chi connectivity index (χ2v) is 5.96. The van der Waals surface area contributed by atoms with Gasteiger partial charge in [-0.15, -0.1) is 0 Å². The molecule has 5 heteroatoms. The van der Waals surface area contributed by atoms with E-state index in [9.17, 15) is 9.59 Å². The molecule has 5 nitrogen and oxygen atoms in total. The van der Waals surface area contributed by atoms with Crippen LogP contribution in [0.1, 0.15) is 32.1 Å². The van der Waals surface area contributed by atoms with Crippen LogP contribution in [-0.4, -0.2) is 36.5 Å². The summed E-state index contributed by atoms with van der Waals surface area (Å²) in [5.41, 5.74) is 0. The highest BCUT2D eigenvalue weighted by Gasteiger charge is 2.39. The van der Waals surface area contributed by atoms with E-state index in [1.54, 1.807) is 18.2 Å². The molecule has 0 N–H and O–H groups in total. The average Bonchev–Trinajstić information content (AvgIpc) is 3.16. The van der Waals surface area contributed by atoms with Gasteiger partial charge < -0.3 is 14.4 Å².